The van der Waals surface area contributed by atoms with Crippen LogP contribution >= 0.6 is 0 Å². The molecule has 0 amide bonds. The molecular weight excluding hydrogens is 977 g/mol. The third-order valence-corrected chi connectivity index (χ3v) is 17.0. The second kappa shape index (κ2) is 19.6. The van der Waals surface area contributed by atoms with Crippen molar-refractivity contribution < 1.29 is 0 Å². The Labute approximate surface area is 473 Å². The van der Waals surface area contributed by atoms with Crippen LogP contribution in [0.4, 0.5) is 0 Å². The van der Waals surface area contributed by atoms with Crippen LogP contribution in [0.15, 0.2) is 279 Å². The zero-order valence-corrected chi connectivity index (χ0v) is 45.3. The molecule has 12 aromatic carbocycles. The maximum absolute atomic E-state index is 2.42. The summed E-state index contributed by atoms with van der Waals surface area (Å²) in [4.78, 5) is 0. The van der Waals surface area contributed by atoms with Crippen molar-refractivity contribution in [2.75, 3.05) is 0 Å². The van der Waals surface area contributed by atoms with Crippen LogP contribution in [0, 0.1) is 0 Å². The number of hydrogen-bond donors (Lipinski definition) is 0. The molecule has 0 fully saturated rings. The van der Waals surface area contributed by atoms with Gasteiger partial charge in [0.05, 0.1) is 22.1 Å². The highest BCUT2D eigenvalue weighted by atomic mass is 15.0. The Morgan fingerprint density at radius 2 is 0.531 bits per heavy atom. The van der Waals surface area contributed by atoms with Crippen molar-refractivity contribution >= 4 is 67.9 Å². The van der Waals surface area contributed by atoms with E-state index in [9.17, 15) is 0 Å². The highest BCUT2D eigenvalue weighted by molar-refractivity contribution is 6.11. The van der Waals surface area contributed by atoms with Gasteiger partial charge in [0, 0.05) is 38.3 Å². The molecule has 0 atom stereocenters. The molecule has 382 valence electrons. The molecule has 0 saturated heterocycles. The monoisotopic (exact) mass is 1030 g/mol. The minimum absolute atomic E-state index is 0.141. The van der Waals surface area contributed by atoms with Gasteiger partial charge in [0.1, 0.15) is 0 Å². The molecule has 0 bridgehead atoms. The van der Waals surface area contributed by atoms with Crippen molar-refractivity contribution in [1.82, 2.24) is 9.13 Å². The van der Waals surface area contributed by atoms with Gasteiger partial charge in [-0.15, -0.1) is 0 Å². The second-order valence-corrected chi connectivity index (χ2v) is 22.1. The standard InChI is InChI=1S/C79H56N2/c1-79(2)73-51-63(59-37-29-55(30-38-59)23-21-53-25-33-57(34-26-53)61-43-47-77-71(49-61)69-17-9-11-19-75(69)80(77)65-13-5-3-6-14-65)41-45-67(73)68-46-42-64(52-74(68)79)60-39-31-56(32-40-60)24-22-54-27-35-58(36-28-54)62-44-48-78-72(50-62)70-18-10-12-20-76(70)81(78)66-15-7-4-8-16-66/h3-52H,1-2H3. The maximum atomic E-state index is 2.42. The number of benzene rings is 12. The molecule has 2 aromatic heterocycles. The molecule has 15 rings (SSSR count). The molecule has 0 N–H and O–H groups in total. The van der Waals surface area contributed by atoms with Gasteiger partial charge in [-0.2, -0.15) is 0 Å². The van der Waals surface area contributed by atoms with E-state index in [-0.39, 0.29) is 5.41 Å². The average molecular weight is 1030 g/mol. The Kier molecular flexibility index (Phi) is 11.6. The van der Waals surface area contributed by atoms with Gasteiger partial charge in [-0.25, -0.2) is 0 Å². The molecule has 0 aliphatic heterocycles. The highest BCUT2D eigenvalue weighted by Gasteiger charge is 2.36. The van der Waals surface area contributed by atoms with Crippen molar-refractivity contribution in [3.63, 3.8) is 0 Å². The first-order valence-electron chi connectivity index (χ1n) is 28.1. The molecule has 2 heteroatoms. The molecule has 1 aliphatic carbocycles. The van der Waals surface area contributed by atoms with Gasteiger partial charge in [-0.1, -0.05) is 244 Å². The predicted molar refractivity (Wildman–Crippen MR) is 345 cm³/mol. The van der Waals surface area contributed by atoms with Crippen LogP contribution < -0.4 is 0 Å². The van der Waals surface area contributed by atoms with Gasteiger partial charge in [-0.05, 0) is 162 Å². The first kappa shape index (κ1) is 47.9. The summed E-state index contributed by atoms with van der Waals surface area (Å²) in [6.07, 6.45) is 8.84. The summed E-state index contributed by atoms with van der Waals surface area (Å²) in [5.74, 6) is 0. The third kappa shape index (κ3) is 8.52. The lowest BCUT2D eigenvalue weighted by Gasteiger charge is -2.22. The molecule has 81 heavy (non-hydrogen) atoms. The van der Waals surface area contributed by atoms with Gasteiger partial charge in [-0.3, -0.25) is 0 Å². The predicted octanol–water partition coefficient (Wildman–Crippen LogP) is 21.2. The average Bonchev–Trinajstić information content (AvgIpc) is 4.18. The Balaban J connectivity index is 0.604. The normalized spacial score (nSPS) is 12.8. The van der Waals surface area contributed by atoms with Crippen LogP contribution in [0.5, 0.6) is 0 Å². The summed E-state index contributed by atoms with van der Waals surface area (Å²) in [5, 5.41) is 5.06. The van der Waals surface area contributed by atoms with Crippen LogP contribution in [0.2, 0.25) is 0 Å². The van der Waals surface area contributed by atoms with E-state index in [4.69, 9.17) is 0 Å². The van der Waals surface area contributed by atoms with Crippen LogP contribution in [0.1, 0.15) is 47.2 Å². The lowest BCUT2D eigenvalue weighted by molar-refractivity contribution is 0.661. The van der Waals surface area contributed by atoms with E-state index in [1.54, 1.807) is 0 Å². The topological polar surface area (TPSA) is 9.86 Å². The minimum Gasteiger partial charge on any atom is -0.309 e. The first-order chi connectivity index (χ1) is 39.9. The second-order valence-electron chi connectivity index (χ2n) is 22.1. The van der Waals surface area contributed by atoms with Gasteiger partial charge >= 0.3 is 0 Å². The molecule has 0 spiro atoms. The van der Waals surface area contributed by atoms with Gasteiger partial charge in [0.25, 0.3) is 0 Å². The van der Waals surface area contributed by atoms with E-state index < -0.39 is 0 Å². The summed E-state index contributed by atoms with van der Waals surface area (Å²) in [5.41, 5.74) is 27.0. The van der Waals surface area contributed by atoms with Crippen LogP contribution in [-0.2, 0) is 5.41 Å². The molecule has 2 nitrogen and oxygen atoms in total. The zero-order valence-electron chi connectivity index (χ0n) is 45.3. The van der Waals surface area contributed by atoms with Gasteiger partial charge in [0.15, 0.2) is 0 Å². The quantitative estimate of drug-likeness (QED) is 0.121. The lowest BCUT2D eigenvalue weighted by Crippen LogP contribution is -2.15. The highest BCUT2D eigenvalue weighted by Crippen LogP contribution is 2.51. The number of nitrogens with zero attached hydrogens (tertiary/aromatic N) is 2. The fourth-order valence-corrected chi connectivity index (χ4v) is 12.6. The summed E-state index contributed by atoms with van der Waals surface area (Å²) in [7, 11) is 0. The van der Waals surface area contributed by atoms with E-state index in [1.165, 1.54) is 144 Å². The third-order valence-electron chi connectivity index (χ3n) is 17.0. The SMILES string of the molecule is CC1(C)c2cc(-c3ccc(C=Cc4ccc(-c5ccc6c(c5)c5ccccc5n6-c5ccccc5)cc4)cc3)ccc2-c2ccc(-c3ccc(C=Cc4ccc(-c5ccc6c(c5)c5ccccc5n6-c5ccccc5)cc4)cc3)cc21. The van der Waals surface area contributed by atoms with E-state index in [2.05, 4.69) is 326 Å². The zero-order chi connectivity index (χ0) is 54.0. The van der Waals surface area contributed by atoms with Crippen molar-refractivity contribution in [3.05, 3.63) is 312 Å². The van der Waals surface area contributed by atoms with Crippen molar-refractivity contribution in [1.29, 1.82) is 0 Å². The largest absolute Gasteiger partial charge is 0.309 e. The molecule has 0 unspecified atom stereocenters. The van der Waals surface area contributed by atoms with Crippen LogP contribution in [0.25, 0.3) is 135 Å². The van der Waals surface area contributed by atoms with Crippen LogP contribution in [0.3, 0.4) is 0 Å². The minimum atomic E-state index is -0.141. The fraction of sp³-hybridized carbons (Fsp3) is 0.0380. The summed E-state index contributed by atoms with van der Waals surface area (Å²) in [6.45, 7) is 4.75. The van der Waals surface area contributed by atoms with Gasteiger partial charge < -0.3 is 9.13 Å². The number of hydrogen-bond acceptors (Lipinski definition) is 0. The van der Waals surface area contributed by atoms with E-state index in [1.807, 2.05) is 0 Å². The lowest BCUT2D eigenvalue weighted by atomic mass is 9.81. The maximum Gasteiger partial charge on any atom is 0.0541 e. The number of para-hydroxylation sites is 4. The van der Waals surface area contributed by atoms with E-state index in [0.717, 1.165) is 0 Å². The van der Waals surface area contributed by atoms with Gasteiger partial charge in [0.2, 0.25) is 0 Å². The smallest absolute Gasteiger partial charge is 0.0541 e. The molecule has 1 aliphatic rings. The molecule has 0 saturated carbocycles. The summed E-state index contributed by atoms with van der Waals surface area (Å²) >= 11 is 0. The molecular formula is C79H56N2. The Bertz CT molecular complexity index is 4460. The first-order valence-corrected chi connectivity index (χ1v) is 28.1. The molecule has 14 aromatic rings. The number of fused-ring (bicyclic) bond motifs is 9. The Morgan fingerprint density at radius 3 is 0.889 bits per heavy atom. The van der Waals surface area contributed by atoms with Crippen molar-refractivity contribution in [2.45, 2.75) is 19.3 Å². The Hall–Kier alpha value is -10.3. The summed E-state index contributed by atoms with van der Waals surface area (Å²) < 4.78 is 4.73. The number of rotatable bonds is 10. The van der Waals surface area contributed by atoms with Crippen molar-refractivity contribution in [3.8, 4) is 67.0 Å². The van der Waals surface area contributed by atoms with E-state index >= 15 is 0 Å². The van der Waals surface area contributed by atoms with Crippen molar-refractivity contribution in [2.24, 2.45) is 0 Å². The Morgan fingerprint density at radius 1 is 0.247 bits per heavy atom. The van der Waals surface area contributed by atoms with E-state index in [0.29, 0.717) is 0 Å². The van der Waals surface area contributed by atoms with Crippen LogP contribution in [-0.4, -0.2) is 9.13 Å². The summed E-state index contributed by atoms with van der Waals surface area (Å²) in [6, 6.07) is 102. The molecule has 2 heterocycles. The number of aromatic nitrogens is 2. The molecule has 0 radical (unpaired) electrons. The fourth-order valence-electron chi connectivity index (χ4n) is 12.6.